The molecule has 9 heteroatoms. The molecule has 0 bridgehead atoms. The highest BCUT2D eigenvalue weighted by Gasteiger charge is 2.17. The van der Waals surface area contributed by atoms with Crippen LogP contribution in [0.2, 0.25) is 0 Å². The highest BCUT2D eigenvalue weighted by Crippen LogP contribution is 2.29. The maximum absolute atomic E-state index is 14.4. The predicted octanol–water partition coefficient (Wildman–Crippen LogP) is 4.33. The molecule has 0 spiro atoms. The van der Waals surface area contributed by atoms with Crippen LogP contribution in [0, 0.1) is 18.6 Å². The molecular formula is C21H19F2N7. The summed E-state index contributed by atoms with van der Waals surface area (Å²) in [6, 6.07) is 2.67. The molecule has 3 aromatic heterocycles. The normalized spacial score (nSPS) is 16.3. The lowest BCUT2D eigenvalue weighted by atomic mass is 10.1. The smallest absolute Gasteiger partial charge is 0.180 e. The Kier molecular flexibility index (Phi) is 4.50. The number of nitrogens with one attached hydrogen (secondary N) is 1. The van der Waals surface area contributed by atoms with E-state index in [0.717, 1.165) is 31.1 Å². The highest BCUT2D eigenvalue weighted by atomic mass is 19.1. The van der Waals surface area contributed by atoms with Gasteiger partial charge in [0.05, 0.1) is 29.8 Å². The number of rotatable bonds is 4. The van der Waals surface area contributed by atoms with Gasteiger partial charge in [-0.2, -0.15) is 5.10 Å². The second-order valence-corrected chi connectivity index (χ2v) is 7.30. The van der Waals surface area contributed by atoms with Gasteiger partial charge in [-0.15, -0.1) is 0 Å². The number of imidazole rings is 1. The average Bonchev–Trinajstić information content (AvgIpc) is 3.42. The van der Waals surface area contributed by atoms with Crippen molar-refractivity contribution in [3.8, 4) is 11.3 Å². The summed E-state index contributed by atoms with van der Waals surface area (Å²) in [5.41, 5.74) is 2.44. The molecule has 0 aliphatic carbocycles. The van der Waals surface area contributed by atoms with Gasteiger partial charge in [0.25, 0.3) is 0 Å². The van der Waals surface area contributed by atoms with Gasteiger partial charge in [-0.25, -0.2) is 18.7 Å². The predicted molar refractivity (Wildman–Crippen MR) is 110 cm³/mol. The number of anilines is 2. The van der Waals surface area contributed by atoms with E-state index >= 15 is 0 Å². The quantitative estimate of drug-likeness (QED) is 0.547. The third-order valence-corrected chi connectivity index (χ3v) is 5.29. The summed E-state index contributed by atoms with van der Waals surface area (Å²) < 4.78 is 31.8. The fourth-order valence-electron chi connectivity index (χ4n) is 3.67. The molecule has 0 radical (unpaired) electrons. The SMILES string of the molecule is Cc1cc(-c2cnc(Nc3cnn(C4CC=NCC4)c3)c3nccn23)c(F)cc1F. The Bertz CT molecular complexity index is 1260. The minimum Gasteiger partial charge on any atom is -0.335 e. The van der Waals surface area contributed by atoms with E-state index in [4.69, 9.17) is 0 Å². The first kappa shape index (κ1) is 18.4. The van der Waals surface area contributed by atoms with E-state index in [9.17, 15) is 8.78 Å². The van der Waals surface area contributed by atoms with Crippen molar-refractivity contribution in [1.82, 2.24) is 24.1 Å². The molecule has 0 amide bonds. The molecule has 0 saturated heterocycles. The first-order valence-electron chi connectivity index (χ1n) is 9.67. The topological polar surface area (TPSA) is 72.4 Å². The summed E-state index contributed by atoms with van der Waals surface area (Å²) in [7, 11) is 0. The summed E-state index contributed by atoms with van der Waals surface area (Å²) in [5.74, 6) is -0.703. The van der Waals surface area contributed by atoms with E-state index in [1.807, 2.05) is 17.1 Å². The summed E-state index contributed by atoms with van der Waals surface area (Å²) in [5, 5.41) is 7.69. The van der Waals surface area contributed by atoms with Gasteiger partial charge in [0.15, 0.2) is 11.5 Å². The van der Waals surface area contributed by atoms with Gasteiger partial charge in [0.2, 0.25) is 0 Å². The minimum atomic E-state index is -0.645. The van der Waals surface area contributed by atoms with Crippen LogP contribution >= 0.6 is 0 Å². The number of aliphatic imine (C=N–C) groups is 1. The molecule has 152 valence electrons. The van der Waals surface area contributed by atoms with Gasteiger partial charge < -0.3 is 5.32 Å². The van der Waals surface area contributed by atoms with Crippen LogP contribution in [0.4, 0.5) is 20.3 Å². The van der Waals surface area contributed by atoms with Crippen molar-refractivity contribution in [2.75, 3.05) is 11.9 Å². The van der Waals surface area contributed by atoms with Gasteiger partial charge in [-0.3, -0.25) is 14.1 Å². The summed E-state index contributed by atoms with van der Waals surface area (Å²) in [6.45, 7) is 2.41. The zero-order valence-corrected chi connectivity index (χ0v) is 16.3. The number of fused-ring (bicyclic) bond motifs is 1. The lowest BCUT2D eigenvalue weighted by molar-refractivity contribution is 0.435. The van der Waals surface area contributed by atoms with Gasteiger partial charge in [-0.1, -0.05) is 0 Å². The number of nitrogens with zero attached hydrogens (tertiary/aromatic N) is 6. The molecule has 1 N–H and O–H groups in total. The lowest BCUT2D eigenvalue weighted by Gasteiger charge is -2.17. The van der Waals surface area contributed by atoms with Crippen molar-refractivity contribution >= 4 is 23.4 Å². The van der Waals surface area contributed by atoms with E-state index in [1.54, 1.807) is 36.1 Å². The molecule has 1 aliphatic rings. The van der Waals surface area contributed by atoms with Crippen LogP contribution in [0.1, 0.15) is 24.4 Å². The molecule has 7 nitrogen and oxygen atoms in total. The molecule has 4 heterocycles. The van der Waals surface area contributed by atoms with Crippen LogP contribution in [0.15, 0.2) is 48.1 Å². The van der Waals surface area contributed by atoms with Crippen molar-refractivity contribution < 1.29 is 8.78 Å². The fraction of sp³-hybridized carbons (Fsp3) is 0.238. The fourth-order valence-corrected chi connectivity index (χ4v) is 3.67. The van der Waals surface area contributed by atoms with E-state index in [0.29, 0.717) is 28.8 Å². The molecule has 1 atom stereocenters. The van der Waals surface area contributed by atoms with E-state index in [1.165, 1.54) is 6.07 Å². The van der Waals surface area contributed by atoms with Crippen molar-refractivity contribution in [3.63, 3.8) is 0 Å². The molecule has 5 rings (SSSR count). The molecule has 0 saturated carbocycles. The van der Waals surface area contributed by atoms with Crippen LogP contribution in [0.3, 0.4) is 0 Å². The second kappa shape index (κ2) is 7.33. The van der Waals surface area contributed by atoms with E-state index in [-0.39, 0.29) is 5.56 Å². The molecule has 0 fully saturated rings. The molecular weight excluding hydrogens is 388 g/mol. The van der Waals surface area contributed by atoms with Crippen molar-refractivity contribution in [2.24, 2.45) is 4.99 Å². The van der Waals surface area contributed by atoms with Gasteiger partial charge >= 0.3 is 0 Å². The number of halogens is 2. The van der Waals surface area contributed by atoms with Crippen LogP contribution < -0.4 is 5.32 Å². The monoisotopic (exact) mass is 407 g/mol. The van der Waals surface area contributed by atoms with Crippen molar-refractivity contribution in [1.29, 1.82) is 0 Å². The standard InChI is InChI=1S/C21H19F2N7/c1-13-8-16(18(23)9-17(13)22)19-11-26-20(21-25-6-7-29(19)21)28-14-10-27-30(12-14)15-2-4-24-5-3-15/h4,6-12,15H,2-3,5H2,1H3,(H,26,28). The zero-order chi connectivity index (χ0) is 20.7. The van der Waals surface area contributed by atoms with Crippen LogP contribution in [-0.2, 0) is 0 Å². The summed E-state index contributed by atoms with van der Waals surface area (Å²) in [6.07, 6.45) is 12.3. The van der Waals surface area contributed by atoms with Gasteiger partial charge in [-0.05, 0) is 25.0 Å². The molecule has 30 heavy (non-hydrogen) atoms. The first-order chi connectivity index (χ1) is 14.6. The molecule has 1 aromatic carbocycles. The minimum absolute atomic E-state index is 0.266. The Hall–Kier alpha value is -3.62. The number of hydrogen-bond acceptors (Lipinski definition) is 5. The third kappa shape index (κ3) is 3.22. The molecule has 1 unspecified atom stereocenters. The largest absolute Gasteiger partial charge is 0.335 e. The second-order valence-electron chi connectivity index (χ2n) is 7.30. The Morgan fingerprint density at radius 2 is 2.03 bits per heavy atom. The number of aromatic nitrogens is 5. The Labute approximate surface area is 171 Å². The Morgan fingerprint density at radius 3 is 2.87 bits per heavy atom. The maximum atomic E-state index is 14.4. The van der Waals surface area contributed by atoms with E-state index < -0.39 is 11.6 Å². The van der Waals surface area contributed by atoms with Gasteiger partial charge in [0, 0.05) is 49.4 Å². The van der Waals surface area contributed by atoms with Gasteiger partial charge in [0.1, 0.15) is 11.6 Å². The molecule has 1 aliphatic heterocycles. The summed E-state index contributed by atoms with van der Waals surface area (Å²) in [4.78, 5) is 13.1. The Morgan fingerprint density at radius 1 is 1.13 bits per heavy atom. The first-order valence-corrected chi connectivity index (χ1v) is 9.67. The number of benzene rings is 1. The van der Waals surface area contributed by atoms with Crippen molar-refractivity contribution in [2.45, 2.75) is 25.8 Å². The van der Waals surface area contributed by atoms with Crippen molar-refractivity contribution in [3.05, 3.63) is 60.3 Å². The number of hydrogen-bond donors (Lipinski definition) is 1. The zero-order valence-electron chi connectivity index (χ0n) is 16.3. The molecule has 4 aromatic rings. The third-order valence-electron chi connectivity index (χ3n) is 5.29. The van der Waals surface area contributed by atoms with Crippen LogP contribution in [0.5, 0.6) is 0 Å². The maximum Gasteiger partial charge on any atom is 0.180 e. The summed E-state index contributed by atoms with van der Waals surface area (Å²) >= 11 is 0. The van der Waals surface area contributed by atoms with Crippen LogP contribution in [-0.4, -0.2) is 36.9 Å². The lowest BCUT2D eigenvalue weighted by Crippen LogP contribution is -2.14. The Balaban J connectivity index is 1.48. The number of aryl methyl sites for hydroxylation is 1. The highest BCUT2D eigenvalue weighted by molar-refractivity contribution is 5.74. The van der Waals surface area contributed by atoms with E-state index in [2.05, 4.69) is 25.4 Å². The average molecular weight is 407 g/mol. The van der Waals surface area contributed by atoms with Crippen LogP contribution in [0.25, 0.3) is 16.9 Å².